The quantitative estimate of drug-likeness (QED) is 0.679. The number of rotatable bonds is 7. The number of aliphatic imine (C=N–C) groups is 1. The summed E-state index contributed by atoms with van der Waals surface area (Å²) in [7, 11) is 0. The fourth-order valence-corrected chi connectivity index (χ4v) is 4.03. The molecule has 1 aromatic carbocycles. The van der Waals surface area contributed by atoms with Crippen molar-refractivity contribution in [3.8, 4) is 11.3 Å². The van der Waals surface area contributed by atoms with Crippen molar-refractivity contribution >= 4 is 29.6 Å². The summed E-state index contributed by atoms with van der Waals surface area (Å²) in [6.45, 7) is 6.35. The van der Waals surface area contributed by atoms with Crippen molar-refractivity contribution in [2.45, 2.75) is 45.7 Å². The number of benzene rings is 1. The molecule has 1 saturated carbocycles. The fraction of sp³-hybridized carbons (Fsp3) is 0.458. The molecule has 9 heteroatoms. The van der Waals surface area contributed by atoms with Gasteiger partial charge in [0.15, 0.2) is 0 Å². The van der Waals surface area contributed by atoms with Crippen LogP contribution in [0.4, 0.5) is 5.69 Å². The molecule has 172 valence electrons. The number of nitrogens with one attached hydrogen (secondary N) is 2. The second-order valence-corrected chi connectivity index (χ2v) is 9.40. The Morgan fingerprint density at radius 1 is 1.21 bits per heavy atom. The average molecular weight is 449 g/mol. The van der Waals surface area contributed by atoms with Gasteiger partial charge in [-0.05, 0) is 37.5 Å². The van der Waals surface area contributed by atoms with Gasteiger partial charge in [-0.1, -0.05) is 26.0 Å². The van der Waals surface area contributed by atoms with E-state index in [0.29, 0.717) is 23.6 Å². The number of carbonyl (C=O) groups is 3. The highest BCUT2D eigenvalue weighted by Crippen LogP contribution is 2.35. The van der Waals surface area contributed by atoms with Gasteiger partial charge in [-0.2, -0.15) is 5.10 Å². The SMILES string of the molecule is CC(C)C(=O)Nc1cc(C2C=N2)ccc1-c1cc2n(n1)[C@@H](C)CN(CNC(=O)C1CC1)C2=O. The van der Waals surface area contributed by atoms with Gasteiger partial charge in [0, 0.05) is 30.2 Å². The summed E-state index contributed by atoms with van der Waals surface area (Å²) < 4.78 is 1.74. The molecule has 9 nitrogen and oxygen atoms in total. The first-order chi connectivity index (χ1) is 15.8. The Hall–Kier alpha value is -3.49. The highest BCUT2D eigenvalue weighted by molar-refractivity contribution is 5.98. The number of fused-ring (bicyclic) bond motifs is 1. The van der Waals surface area contributed by atoms with Gasteiger partial charge in [0.25, 0.3) is 5.91 Å². The van der Waals surface area contributed by atoms with Gasteiger partial charge in [-0.15, -0.1) is 0 Å². The van der Waals surface area contributed by atoms with E-state index < -0.39 is 0 Å². The van der Waals surface area contributed by atoms with E-state index in [1.165, 1.54) is 0 Å². The maximum atomic E-state index is 13.1. The van der Waals surface area contributed by atoms with Crippen LogP contribution in [0, 0.1) is 11.8 Å². The van der Waals surface area contributed by atoms with Crippen LogP contribution in [0.2, 0.25) is 0 Å². The Bertz CT molecular complexity index is 1160. The molecular weight excluding hydrogens is 420 g/mol. The van der Waals surface area contributed by atoms with Crippen molar-refractivity contribution in [3.63, 3.8) is 0 Å². The topological polar surface area (TPSA) is 109 Å². The van der Waals surface area contributed by atoms with Crippen LogP contribution in [0.25, 0.3) is 11.3 Å². The Balaban J connectivity index is 1.42. The molecule has 0 spiro atoms. The largest absolute Gasteiger partial charge is 0.338 e. The zero-order chi connectivity index (χ0) is 23.3. The van der Waals surface area contributed by atoms with Gasteiger partial charge in [-0.3, -0.25) is 24.1 Å². The lowest BCUT2D eigenvalue weighted by atomic mass is 10.0. The number of carbonyl (C=O) groups excluding carboxylic acids is 3. The number of aromatic nitrogens is 2. The molecule has 2 atom stereocenters. The molecule has 1 fully saturated rings. The van der Waals surface area contributed by atoms with E-state index in [-0.39, 0.29) is 48.3 Å². The first-order valence-corrected chi connectivity index (χ1v) is 11.5. The molecule has 1 aromatic heterocycles. The van der Waals surface area contributed by atoms with Crippen molar-refractivity contribution in [3.05, 3.63) is 35.5 Å². The third-order valence-electron chi connectivity index (χ3n) is 6.28. The molecule has 33 heavy (non-hydrogen) atoms. The second kappa shape index (κ2) is 8.13. The summed E-state index contributed by atoms with van der Waals surface area (Å²) in [6.07, 6.45) is 3.70. The Morgan fingerprint density at radius 2 is 1.97 bits per heavy atom. The predicted octanol–water partition coefficient (Wildman–Crippen LogP) is 2.77. The Kier molecular flexibility index (Phi) is 5.26. The first kappa shape index (κ1) is 21.4. The average Bonchev–Trinajstić information content (AvgIpc) is 3.71. The van der Waals surface area contributed by atoms with Crippen molar-refractivity contribution in [1.29, 1.82) is 0 Å². The van der Waals surface area contributed by atoms with Gasteiger partial charge >= 0.3 is 0 Å². The maximum Gasteiger partial charge on any atom is 0.273 e. The number of hydrogen-bond donors (Lipinski definition) is 2. The van der Waals surface area contributed by atoms with Gasteiger partial charge in [0.05, 0.1) is 24.1 Å². The second-order valence-electron chi connectivity index (χ2n) is 9.40. The van der Waals surface area contributed by atoms with Gasteiger partial charge in [-0.25, -0.2) is 0 Å². The van der Waals surface area contributed by atoms with E-state index in [1.807, 2.05) is 45.2 Å². The van der Waals surface area contributed by atoms with Crippen LogP contribution in [-0.4, -0.2) is 51.8 Å². The first-order valence-electron chi connectivity index (χ1n) is 11.5. The summed E-state index contributed by atoms with van der Waals surface area (Å²) in [5, 5.41) is 10.6. The minimum Gasteiger partial charge on any atom is -0.338 e. The van der Waals surface area contributed by atoms with Gasteiger partial charge in [0.2, 0.25) is 11.8 Å². The van der Waals surface area contributed by atoms with E-state index in [1.54, 1.807) is 15.6 Å². The summed E-state index contributed by atoms with van der Waals surface area (Å²) in [5.41, 5.74) is 3.51. The van der Waals surface area contributed by atoms with Crippen molar-refractivity contribution in [2.75, 3.05) is 18.5 Å². The van der Waals surface area contributed by atoms with E-state index in [4.69, 9.17) is 5.10 Å². The molecule has 2 aliphatic heterocycles. The minimum absolute atomic E-state index is 0.0143. The lowest BCUT2D eigenvalue weighted by molar-refractivity contribution is -0.123. The molecule has 0 saturated heterocycles. The van der Waals surface area contributed by atoms with Gasteiger partial charge in [0.1, 0.15) is 11.7 Å². The van der Waals surface area contributed by atoms with Crippen LogP contribution < -0.4 is 10.6 Å². The summed E-state index contributed by atoms with van der Waals surface area (Å²) >= 11 is 0. The molecular formula is C24H28N6O3. The molecule has 3 heterocycles. The van der Waals surface area contributed by atoms with Crippen molar-refractivity contribution in [1.82, 2.24) is 20.0 Å². The molecule has 5 rings (SSSR count). The third-order valence-corrected chi connectivity index (χ3v) is 6.28. The lowest BCUT2D eigenvalue weighted by Gasteiger charge is -2.31. The number of hydrogen-bond acceptors (Lipinski definition) is 5. The van der Waals surface area contributed by atoms with E-state index in [9.17, 15) is 14.4 Å². The summed E-state index contributed by atoms with van der Waals surface area (Å²) in [6, 6.07) is 7.60. The predicted molar refractivity (Wildman–Crippen MR) is 124 cm³/mol. The van der Waals surface area contributed by atoms with Crippen LogP contribution in [0.5, 0.6) is 0 Å². The standard InChI is InChI=1S/C24H28N6O3/c1-13(2)22(31)27-18-8-16(20-10-25-20)6-7-17(18)19-9-21-24(33)29(11-14(3)30(21)28-19)12-26-23(32)15-4-5-15/h6-10,13-15,20H,4-5,11-12H2,1-3H3,(H,26,32)(H,27,31)/t14-,20?/m0/s1. The van der Waals surface area contributed by atoms with E-state index in [2.05, 4.69) is 15.6 Å². The highest BCUT2D eigenvalue weighted by Gasteiger charge is 2.34. The maximum absolute atomic E-state index is 13.1. The molecule has 2 aromatic rings. The van der Waals surface area contributed by atoms with Crippen molar-refractivity contribution in [2.24, 2.45) is 16.8 Å². The highest BCUT2D eigenvalue weighted by atomic mass is 16.2. The zero-order valence-corrected chi connectivity index (χ0v) is 19.0. The molecule has 0 radical (unpaired) electrons. The molecule has 1 aliphatic carbocycles. The normalized spacial score (nSPS) is 21.2. The fourth-order valence-electron chi connectivity index (χ4n) is 4.03. The van der Waals surface area contributed by atoms with E-state index >= 15 is 0 Å². The molecule has 1 unspecified atom stereocenters. The third kappa shape index (κ3) is 4.27. The van der Waals surface area contributed by atoms with Crippen molar-refractivity contribution < 1.29 is 14.4 Å². The molecule has 3 amide bonds. The summed E-state index contributed by atoms with van der Waals surface area (Å²) in [4.78, 5) is 43.5. The lowest BCUT2D eigenvalue weighted by Crippen LogP contribution is -2.48. The molecule has 0 bridgehead atoms. The monoisotopic (exact) mass is 448 g/mol. The smallest absolute Gasteiger partial charge is 0.273 e. The van der Waals surface area contributed by atoms with Crippen LogP contribution in [-0.2, 0) is 9.59 Å². The Morgan fingerprint density at radius 3 is 2.64 bits per heavy atom. The van der Waals surface area contributed by atoms with Crippen LogP contribution in [0.1, 0.15) is 61.7 Å². The summed E-state index contributed by atoms with van der Waals surface area (Å²) in [5.74, 6) is -0.312. The van der Waals surface area contributed by atoms with Crippen LogP contribution in [0.15, 0.2) is 29.3 Å². The minimum atomic E-state index is -0.171. The van der Waals surface area contributed by atoms with Crippen LogP contribution >= 0.6 is 0 Å². The number of anilines is 1. The molecule has 3 aliphatic rings. The number of nitrogens with zero attached hydrogens (tertiary/aromatic N) is 4. The van der Waals surface area contributed by atoms with Gasteiger partial charge < -0.3 is 15.5 Å². The van der Waals surface area contributed by atoms with E-state index in [0.717, 1.165) is 24.0 Å². The molecule has 2 N–H and O–H groups in total. The Labute approximate surface area is 192 Å². The number of amides is 3. The van der Waals surface area contributed by atoms with Crippen LogP contribution in [0.3, 0.4) is 0 Å². The zero-order valence-electron chi connectivity index (χ0n) is 19.0.